The van der Waals surface area contributed by atoms with Crippen LogP contribution in [0.5, 0.6) is 0 Å². The molecule has 2 rings (SSSR count). The quantitative estimate of drug-likeness (QED) is 0.944. The van der Waals surface area contributed by atoms with E-state index >= 15 is 0 Å². The molecule has 94 valence electrons. The molecule has 5 nitrogen and oxygen atoms in total. The van der Waals surface area contributed by atoms with Crippen molar-refractivity contribution >= 4 is 21.9 Å². The molecule has 1 heterocycles. The van der Waals surface area contributed by atoms with Gasteiger partial charge in [0, 0.05) is 4.47 Å². The summed E-state index contributed by atoms with van der Waals surface area (Å²) in [5.41, 5.74) is 3.21. The zero-order chi connectivity index (χ0) is 13.3. The summed E-state index contributed by atoms with van der Waals surface area (Å²) >= 11 is 3.46. The van der Waals surface area contributed by atoms with Gasteiger partial charge in [0.05, 0.1) is 23.5 Å². The lowest BCUT2D eigenvalue weighted by Crippen LogP contribution is -2.03. The number of carbonyl (C=O) groups is 1. The number of aromatic nitrogens is 3. The minimum absolute atomic E-state index is 0.112. The van der Waals surface area contributed by atoms with Crippen LogP contribution in [0.25, 0.3) is 5.69 Å². The van der Waals surface area contributed by atoms with Crippen molar-refractivity contribution in [2.45, 2.75) is 20.3 Å². The Labute approximate surface area is 113 Å². The van der Waals surface area contributed by atoms with Crippen LogP contribution in [0.3, 0.4) is 0 Å². The molecule has 0 bridgehead atoms. The molecule has 0 atom stereocenters. The van der Waals surface area contributed by atoms with Crippen molar-refractivity contribution in [1.82, 2.24) is 15.0 Å². The maximum atomic E-state index is 10.7. The van der Waals surface area contributed by atoms with Crippen LogP contribution >= 0.6 is 15.9 Å². The molecule has 1 N–H and O–H groups in total. The normalized spacial score (nSPS) is 10.6. The van der Waals surface area contributed by atoms with Gasteiger partial charge < -0.3 is 5.11 Å². The molecule has 0 fully saturated rings. The summed E-state index contributed by atoms with van der Waals surface area (Å²) in [6.07, 6.45) is -0.112. The molecule has 1 aromatic carbocycles. The van der Waals surface area contributed by atoms with Crippen molar-refractivity contribution in [2.24, 2.45) is 0 Å². The Bertz CT molecular complexity index is 607. The fourth-order valence-corrected chi connectivity index (χ4v) is 1.99. The third-order valence-corrected chi connectivity index (χ3v) is 3.56. The first-order valence-corrected chi connectivity index (χ1v) is 6.18. The lowest BCUT2D eigenvalue weighted by atomic mass is 10.2. The van der Waals surface area contributed by atoms with Gasteiger partial charge in [-0.25, -0.2) is 4.68 Å². The number of benzene rings is 1. The van der Waals surface area contributed by atoms with Gasteiger partial charge in [-0.3, -0.25) is 4.79 Å². The van der Waals surface area contributed by atoms with E-state index in [0.29, 0.717) is 5.69 Å². The second-order valence-corrected chi connectivity index (χ2v) is 4.89. The fraction of sp³-hybridized carbons (Fsp3) is 0.250. The molecule has 0 aliphatic rings. The third kappa shape index (κ3) is 2.43. The summed E-state index contributed by atoms with van der Waals surface area (Å²) in [5.74, 6) is -0.907. The van der Waals surface area contributed by atoms with Crippen LogP contribution in [-0.2, 0) is 11.2 Å². The molecule has 18 heavy (non-hydrogen) atoms. The Hall–Kier alpha value is -1.69. The van der Waals surface area contributed by atoms with E-state index in [1.54, 1.807) is 4.68 Å². The lowest BCUT2D eigenvalue weighted by molar-refractivity contribution is -0.136. The van der Waals surface area contributed by atoms with E-state index < -0.39 is 5.97 Å². The van der Waals surface area contributed by atoms with E-state index in [1.165, 1.54) is 0 Å². The fourth-order valence-electron chi connectivity index (χ4n) is 1.63. The van der Waals surface area contributed by atoms with Crippen LogP contribution in [0.4, 0.5) is 0 Å². The van der Waals surface area contributed by atoms with Crippen molar-refractivity contribution in [2.75, 3.05) is 0 Å². The SMILES string of the molecule is Cc1ccc(-n2nnc(CC(=O)O)c2C)cc1Br. The van der Waals surface area contributed by atoms with Crippen molar-refractivity contribution in [3.05, 3.63) is 39.6 Å². The first-order valence-electron chi connectivity index (χ1n) is 5.38. The third-order valence-electron chi connectivity index (χ3n) is 2.71. The number of nitrogens with zero attached hydrogens (tertiary/aromatic N) is 3. The van der Waals surface area contributed by atoms with E-state index in [-0.39, 0.29) is 6.42 Å². The maximum Gasteiger partial charge on any atom is 0.309 e. The van der Waals surface area contributed by atoms with Gasteiger partial charge in [-0.05, 0) is 31.5 Å². The Morgan fingerprint density at radius 3 is 2.78 bits per heavy atom. The van der Waals surface area contributed by atoms with Gasteiger partial charge in [-0.1, -0.05) is 27.2 Å². The Kier molecular flexibility index (Phi) is 3.47. The highest BCUT2D eigenvalue weighted by Gasteiger charge is 2.13. The topological polar surface area (TPSA) is 68.0 Å². The van der Waals surface area contributed by atoms with Crippen LogP contribution in [-0.4, -0.2) is 26.1 Å². The van der Waals surface area contributed by atoms with Gasteiger partial charge >= 0.3 is 5.97 Å². The summed E-state index contributed by atoms with van der Waals surface area (Å²) < 4.78 is 2.62. The molecule has 0 saturated heterocycles. The van der Waals surface area contributed by atoms with Crippen molar-refractivity contribution in [1.29, 1.82) is 0 Å². The Balaban J connectivity index is 2.42. The zero-order valence-electron chi connectivity index (χ0n) is 10.0. The van der Waals surface area contributed by atoms with E-state index in [2.05, 4.69) is 26.2 Å². The first-order chi connectivity index (χ1) is 8.49. The molecule has 0 unspecified atom stereocenters. The maximum absolute atomic E-state index is 10.7. The average Bonchev–Trinajstić information content (AvgIpc) is 2.64. The average molecular weight is 310 g/mol. The summed E-state index contributed by atoms with van der Waals surface area (Å²) in [5, 5.41) is 16.7. The van der Waals surface area contributed by atoms with E-state index in [4.69, 9.17) is 5.11 Å². The second kappa shape index (κ2) is 4.89. The summed E-state index contributed by atoms with van der Waals surface area (Å²) in [7, 11) is 0. The molecule has 0 aliphatic carbocycles. The van der Waals surface area contributed by atoms with Crippen LogP contribution in [0.2, 0.25) is 0 Å². The highest BCUT2D eigenvalue weighted by molar-refractivity contribution is 9.10. The number of aryl methyl sites for hydroxylation is 1. The molecule has 6 heteroatoms. The van der Waals surface area contributed by atoms with Crippen LogP contribution in [0.1, 0.15) is 17.0 Å². The molecule has 1 aromatic heterocycles. The highest BCUT2D eigenvalue weighted by atomic mass is 79.9. The Morgan fingerprint density at radius 1 is 1.44 bits per heavy atom. The molecule has 0 saturated carbocycles. The summed E-state index contributed by atoms with van der Waals surface area (Å²) in [6.45, 7) is 3.81. The van der Waals surface area contributed by atoms with Gasteiger partial charge in [0.2, 0.25) is 0 Å². The van der Waals surface area contributed by atoms with Crippen molar-refractivity contribution in [3.63, 3.8) is 0 Å². The second-order valence-electron chi connectivity index (χ2n) is 4.04. The molecule has 0 amide bonds. The van der Waals surface area contributed by atoms with E-state index in [9.17, 15) is 4.79 Å². The van der Waals surface area contributed by atoms with Crippen LogP contribution in [0, 0.1) is 13.8 Å². The summed E-state index contributed by atoms with van der Waals surface area (Å²) in [6, 6.07) is 5.82. The predicted octanol–water partition coefficient (Wildman–Crippen LogP) is 2.27. The first kappa shape index (κ1) is 12.8. The van der Waals surface area contributed by atoms with Gasteiger partial charge in [0.15, 0.2) is 0 Å². The number of aliphatic carboxylic acids is 1. The molecule has 0 radical (unpaired) electrons. The number of hydrogen-bond donors (Lipinski definition) is 1. The molecule has 0 aliphatic heterocycles. The van der Waals surface area contributed by atoms with E-state index in [0.717, 1.165) is 21.4 Å². The zero-order valence-corrected chi connectivity index (χ0v) is 11.6. The van der Waals surface area contributed by atoms with Gasteiger partial charge in [-0.15, -0.1) is 5.10 Å². The number of halogens is 1. The predicted molar refractivity (Wildman–Crippen MR) is 69.9 cm³/mol. The highest BCUT2D eigenvalue weighted by Crippen LogP contribution is 2.21. The van der Waals surface area contributed by atoms with Crippen LogP contribution in [0.15, 0.2) is 22.7 Å². The largest absolute Gasteiger partial charge is 0.481 e. The van der Waals surface area contributed by atoms with Crippen molar-refractivity contribution < 1.29 is 9.90 Å². The number of hydrogen-bond acceptors (Lipinski definition) is 3. The van der Waals surface area contributed by atoms with Gasteiger partial charge in [0.25, 0.3) is 0 Å². The number of rotatable bonds is 3. The van der Waals surface area contributed by atoms with Gasteiger partial charge in [-0.2, -0.15) is 0 Å². The Morgan fingerprint density at radius 2 is 2.17 bits per heavy atom. The number of carboxylic acids is 1. The van der Waals surface area contributed by atoms with E-state index in [1.807, 2.05) is 32.0 Å². The smallest absolute Gasteiger partial charge is 0.309 e. The summed E-state index contributed by atoms with van der Waals surface area (Å²) in [4.78, 5) is 10.7. The molecular weight excluding hydrogens is 298 g/mol. The monoisotopic (exact) mass is 309 g/mol. The molecule has 0 spiro atoms. The molecular formula is C12H12BrN3O2. The number of carboxylic acid groups (broad SMARTS) is 1. The van der Waals surface area contributed by atoms with Crippen molar-refractivity contribution in [3.8, 4) is 5.69 Å². The van der Waals surface area contributed by atoms with Gasteiger partial charge in [0.1, 0.15) is 0 Å². The lowest BCUT2D eigenvalue weighted by Gasteiger charge is -2.05. The van der Waals surface area contributed by atoms with Crippen LogP contribution < -0.4 is 0 Å². The standard InChI is InChI=1S/C12H12BrN3O2/c1-7-3-4-9(5-10(7)13)16-8(2)11(14-15-16)6-12(17)18/h3-5H,6H2,1-2H3,(H,17,18). The minimum Gasteiger partial charge on any atom is -0.481 e. The molecule has 2 aromatic rings. The minimum atomic E-state index is -0.907.